The molecule has 0 aromatic heterocycles. The lowest BCUT2D eigenvalue weighted by Crippen LogP contribution is -2.41. The van der Waals surface area contributed by atoms with Crippen molar-refractivity contribution in [2.24, 2.45) is 17.8 Å². The molecule has 17 nitrogen and oxygen atoms in total. The number of nitrogens with one attached hydrogen (secondary N) is 3. The van der Waals surface area contributed by atoms with Crippen LogP contribution in [-0.4, -0.2) is 114 Å². The van der Waals surface area contributed by atoms with Crippen LogP contribution in [0.5, 0.6) is 0 Å². The van der Waals surface area contributed by atoms with Gasteiger partial charge in [0.2, 0.25) is 17.7 Å². The number of carbonyl (C=O) groups excluding carboxylic acids is 6. The van der Waals surface area contributed by atoms with Crippen LogP contribution in [0.2, 0.25) is 0 Å². The molecule has 0 radical (unpaired) electrons. The Morgan fingerprint density at radius 1 is 0.522 bits per heavy atom. The summed E-state index contributed by atoms with van der Waals surface area (Å²) in [6, 6.07) is -1.08. The van der Waals surface area contributed by atoms with E-state index in [1.807, 2.05) is 6.92 Å². The maximum absolute atomic E-state index is 13.2. The van der Waals surface area contributed by atoms with E-state index in [1.54, 1.807) is 0 Å². The largest absolute Gasteiger partial charge is 0.481 e. The first-order valence-corrected chi connectivity index (χ1v) is 26.4. The molecule has 1 fully saturated rings. The maximum Gasteiger partial charge on any atom is 0.306 e. The molecule has 3 amide bonds. The van der Waals surface area contributed by atoms with Gasteiger partial charge in [0.15, 0.2) is 11.6 Å². The summed E-state index contributed by atoms with van der Waals surface area (Å²) in [5.74, 6) is -5.70. The lowest BCUT2D eigenvalue weighted by atomic mass is 9.78. The first-order chi connectivity index (χ1) is 33.2. The average molecular weight is 980 g/mol. The van der Waals surface area contributed by atoms with Gasteiger partial charge in [0.1, 0.15) is 12.4 Å². The van der Waals surface area contributed by atoms with Gasteiger partial charge >= 0.3 is 17.9 Å². The Kier molecular flexibility index (Phi) is 37.8. The number of ether oxygens (including phenoxy) is 2. The third-order valence-electron chi connectivity index (χ3n) is 12.9. The van der Waals surface area contributed by atoms with Crippen LogP contribution < -0.4 is 16.0 Å². The number of rotatable bonds is 47. The lowest BCUT2D eigenvalue weighted by Gasteiger charge is -2.28. The molecule has 6 N–H and O–H groups in total. The zero-order valence-electron chi connectivity index (χ0n) is 42.0. The average Bonchev–Trinajstić information content (AvgIpc) is 3.32. The van der Waals surface area contributed by atoms with Crippen LogP contribution in [0.25, 0.3) is 0 Å². The Labute approximate surface area is 411 Å². The fourth-order valence-corrected chi connectivity index (χ4v) is 8.57. The predicted molar refractivity (Wildman–Crippen MR) is 261 cm³/mol. The van der Waals surface area contributed by atoms with Crippen molar-refractivity contribution in [3.05, 3.63) is 0 Å². The standard InChI is InChI=1S/C52H89N3O14/c1-2-3-21-43(56)38-54-49(61)39-69-35-34-68-33-20-22-45(57)44(30-32-51(64)65)55-48(60)31-29-42(52(66)67)36-46(58)41-27-25-40(26-28-41)37-53-47(59)23-18-16-14-12-10-8-6-4-5-7-9-11-13-15-17-19-24-50(62)63/h40-42,44H,2-39H2,1H3,(H,53,59)(H,54,61)(H,55,60)(H,62,63)(H,64,65)(H,66,67). The van der Waals surface area contributed by atoms with E-state index in [1.165, 1.54) is 64.2 Å². The van der Waals surface area contributed by atoms with Gasteiger partial charge in [-0.15, -0.1) is 0 Å². The Balaban J connectivity index is 2.23. The summed E-state index contributed by atoms with van der Waals surface area (Å²) < 4.78 is 10.7. The van der Waals surface area contributed by atoms with Gasteiger partial charge in [-0.05, 0) is 70.1 Å². The fraction of sp³-hybridized carbons (Fsp3) is 0.827. The number of unbranched alkanes of at least 4 members (excludes halogenated alkanes) is 16. The van der Waals surface area contributed by atoms with E-state index in [0.29, 0.717) is 32.2 Å². The summed E-state index contributed by atoms with van der Waals surface area (Å²) in [6.07, 6.45) is 23.3. The summed E-state index contributed by atoms with van der Waals surface area (Å²) in [5.41, 5.74) is 0. The zero-order valence-corrected chi connectivity index (χ0v) is 42.0. The number of carboxylic acid groups (broad SMARTS) is 3. The topological polar surface area (TPSA) is 269 Å². The molecule has 0 saturated heterocycles. The van der Waals surface area contributed by atoms with E-state index in [9.17, 15) is 53.4 Å². The molecule has 69 heavy (non-hydrogen) atoms. The van der Waals surface area contributed by atoms with Crippen LogP contribution in [-0.2, 0) is 52.6 Å². The molecule has 1 rings (SSSR count). The Hall–Kier alpha value is -4.25. The van der Waals surface area contributed by atoms with Gasteiger partial charge in [0.25, 0.3) is 0 Å². The van der Waals surface area contributed by atoms with Crippen molar-refractivity contribution in [3.63, 3.8) is 0 Å². The number of hydrogen-bond donors (Lipinski definition) is 6. The molecule has 0 aromatic carbocycles. The fourth-order valence-electron chi connectivity index (χ4n) is 8.57. The summed E-state index contributed by atoms with van der Waals surface area (Å²) in [5, 5.41) is 35.9. The van der Waals surface area contributed by atoms with Gasteiger partial charge < -0.3 is 40.7 Å². The van der Waals surface area contributed by atoms with Gasteiger partial charge in [-0.2, -0.15) is 0 Å². The minimum Gasteiger partial charge on any atom is -0.481 e. The van der Waals surface area contributed by atoms with Crippen molar-refractivity contribution in [2.75, 3.05) is 39.5 Å². The first kappa shape index (κ1) is 62.8. The van der Waals surface area contributed by atoms with E-state index in [4.69, 9.17) is 14.6 Å². The van der Waals surface area contributed by atoms with Crippen molar-refractivity contribution in [3.8, 4) is 0 Å². The molecule has 1 aliphatic carbocycles. The van der Waals surface area contributed by atoms with Gasteiger partial charge in [0.05, 0.1) is 31.7 Å². The maximum atomic E-state index is 13.2. The van der Waals surface area contributed by atoms with Crippen LogP contribution in [0, 0.1) is 17.8 Å². The van der Waals surface area contributed by atoms with Crippen molar-refractivity contribution in [2.45, 2.75) is 218 Å². The van der Waals surface area contributed by atoms with Gasteiger partial charge in [-0.3, -0.25) is 43.2 Å². The Morgan fingerprint density at radius 3 is 1.62 bits per heavy atom. The molecule has 17 heteroatoms. The second-order valence-electron chi connectivity index (χ2n) is 19.0. The molecule has 0 aliphatic heterocycles. The third kappa shape index (κ3) is 36.4. The number of aliphatic carboxylic acids is 3. The molecule has 2 atom stereocenters. The van der Waals surface area contributed by atoms with Gasteiger partial charge in [-0.1, -0.05) is 103 Å². The minimum absolute atomic E-state index is 0.00668. The van der Waals surface area contributed by atoms with Gasteiger partial charge in [-0.25, -0.2) is 0 Å². The number of hydrogen-bond acceptors (Lipinski definition) is 11. The highest BCUT2D eigenvalue weighted by molar-refractivity contribution is 5.90. The monoisotopic (exact) mass is 980 g/mol. The summed E-state index contributed by atoms with van der Waals surface area (Å²) in [6.45, 7) is 2.72. The third-order valence-corrected chi connectivity index (χ3v) is 12.9. The van der Waals surface area contributed by atoms with Crippen LogP contribution in [0.3, 0.4) is 0 Å². The van der Waals surface area contributed by atoms with E-state index in [-0.39, 0.29) is 114 Å². The van der Waals surface area contributed by atoms with Crippen LogP contribution in [0.4, 0.5) is 0 Å². The molecule has 396 valence electrons. The molecule has 1 aliphatic rings. The number of amides is 3. The van der Waals surface area contributed by atoms with E-state index in [0.717, 1.165) is 64.2 Å². The van der Waals surface area contributed by atoms with Crippen molar-refractivity contribution in [1.29, 1.82) is 0 Å². The second-order valence-corrected chi connectivity index (χ2v) is 19.0. The van der Waals surface area contributed by atoms with Gasteiger partial charge in [0, 0.05) is 64.0 Å². The number of Topliss-reactive ketones (excluding diaryl/α,β-unsaturated/α-hetero) is 3. The lowest BCUT2D eigenvalue weighted by molar-refractivity contribution is -0.145. The Bertz CT molecular complexity index is 1500. The molecular weight excluding hydrogens is 891 g/mol. The molecule has 2 unspecified atom stereocenters. The predicted octanol–water partition coefficient (Wildman–Crippen LogP) is 8.06. The summed E-state index contributed by atoms with van der Waals surface area (Å²) in [7, 11) is 0. The first-order valence-electron chi connectivity index (χ1n) is 26.4. The summed E-state index contributed by atoms with van der Waals surface area (Å²) in [4.78, 5) is 109. The van der Waals surface area contributed by atoms with Crippen molar-refractivity contribution < 1.29 is 67.9 Å². The number of ketones is 3. The quantitative estimate of drug-likeness (QED) is 0.0315. The highest BCUT2D eigenvalue weighted by atomic mass is 16.5. The van der Waals surface area contributed by atoms with Crippen LogP contribution in [0.15, 0.2) is 0 Å². The molecule has 0 spiro atoms. The molecule has 0 aromatic rings. The molecule has 0 bridgehead atoms. The molecular formula is C52H89N3O14. The van der Waals surface area contributed by atoms with E-state index in [2.05, 4.69) is 16.0 Å². The molecule has 0 heterocycles. The number of carbonyl (C=O) groups is 9. The smallest absolute Gasteiger partial charge is 0.306 e. The zero-order chi connectivity index (χ0) is 50.9. The highest BCUT2D eigenvalue weighted by Gasteiger charge is 2.31. The highest BCUT2D eigenvalue weighted by Crippen LogP contribution is 2.31. The summed E-state index contributed by atoms with van der Waals surface area (Å²) >= 11 is 0. The SMILES string of the molecule is CCCCC(=O)CNC(=O)COCCOCCCC(=O)C(CCC(=O)O)NC(=O)CCC(CC(=O)C1CCC(CNC(=O)CCCCCCCCCCCCCCCCCCC(=O)O)CC1)C(=O)O. The van der Waals surface area contributed by atoms with Crippen LogP contribution in [0.1, 0.15) is 212 Å². The second kappa shape index (κ2) is 41.5. The van der Waals surface area contributed by atoms with E-state index < -0.39 is 47.5 Å². The number of carboxylic acids is 3. The normalized spacial score (nSPS) is 15.4. The van der Waals surface area contributed by atoms with Crippen molar-refractivity contribution >= 4 is 53.0 Å². The molecule has 1 saturated carbocycles. The van der Waals surface area contributed by atoms with Crippen molar-refractivity contribution in [1.82, 2.24) is 16.0 Å². The minimum atomic E-state index is -1.19. The van der Waals surface area contributed by atoms with Crippen LogP contribution >= 0.6 is 0 Å². The Morgan fingerprint density at radius 2 is 1.07 bits per heavy atom. The van der Waals surface area contributed by atoms with E-state index >= 15 is 0 Å².